The van der Waals surface area contributed by atoms with E-state index in [9.17, 15) is 14.4 Å². The van der Waals surface area contributed by atoms with Crippen LogP contribution in [0.25, 0.3) is 0 Å². The van der Waals surface area contributed by atoms with Gasteiger partial charge in [0.15, 0.2) is 0 Å². The van der Waals surface area contributed by atoms with Crippen molar-refractivity contribution in [3.05, 3.63) is 35.9 Å². The molecule has 0 bridgehead atoms. The third kappa shape index (κ3) is 3.61. The second-order valence-corrected chi connectivity index (χ2v) is 9.42. The molecule has 1 unspecified atom stereocenters. The number of piperidine rings is 2. The summed E-state index contributed by atoms with van der Waals surface area (Å²) in [7, 11) is 0. The van der Waals surface area contributed by atoms with Crippen LogP contribution in [-0.4, -0.2) is 72.1 Å². The minimum Gasteiger partial charge on any atom is -0.461 e. The minimum absolute atomic E-state index is 0.0396. The minimum atomic E-state index is -0.786. The van der Waals surface area contributed by atoms with Gasteiger partial charge >= 0.3 is 12.0 Å². The van der Waals surface area contributed by atoms with Crippen LogP contribution in [0.2, 0.25) is 0 Å². The van der Waals surface area contributed by atoms with E-state index in [1.807, 2.05) is 30.3 Å². The Bertz CT molecular complexity index is 860. The van der Waals surface area contributed by atoms with Crippen molar-refractivity contribution in [2.24, 2.45) is 5.41 Å². The zero-order valence-corrected chi connectivity index (χ0v) is 17.8. The maximum absolute atomic E-state index is 12.8. The number of esters is 1. The van der Waals surface area contributed by atoms with Gasteiger partial charge in [-0.05, 0) is 44.3 Å². The zero-order valence-electron chi connectivity index (χ0n) is 17.8. The molecule has 0 saturated carbocycles. The molecule has 2 N–H and O–H groups in total. The number of ether oxygens (including phenoxy) is 1. The lowest BCUT2D eigenvalue weighted by Crippen LogP contribution is -2.56. The van der Waals surface area contributed by atoms with E-state index in [4.69, 9.17) is 4.74 Å². The number of urea groups is 1. The van der Waals surface area contributed by atoms with Gasteiger partial charge in [-0.25, -0.2) is 4.79 Å². The van der Waals surface area contributed by atoms with Gasteiger partial charge in [-0.2, -0.15) is 0 Å². The van der Waals surface area contributed by atoms with E-state index in [-0.39, 0.29) is 29.4 Å². The number of amides is 3. The first-order chi connectivity index (χ1) is 15.0. The van der Waals surface area contributed by atoms with Gasteiger partial charge in [-0.15, -0.1) is 0 Å². The Labute approximate surface area is 182 Å². The van der Waals surface area contributed by atoms with Crippen molar-refractivity contribution in [2.45, 2.75) is 50.3 Å². The molecule has 1 aromatic carbocycles. The van der Waals surface area contributed by atoms with E-state index in [2.05, 4.69) is 15.5 Å². The summed E-state index contributed by atoms with van der Waals surface area (Å²) in [6, 6.07) is 9.47. The third-order valence-corrected chi connectivity index (χ3v) is 7.62. The van der Waals surface area contributed by atoms with Gasteiger partial charge in [-0.1, -0.05) is 30.3 Å². The van der Waals surface area contributed by atoms with Crippen molar-refractivity contribution in [3.8, 4) is 0 Å². The Morgan fingerprint density at radius 1 is 1.00 bits per heavy atom. The maximum Gasteiger partial charge on any atom is 0.325 e. The molecule has 3 amide bonds. The number of rotatable bonds is 4. The van der Waals surface area contributed by atoms with E-state index >= 15 is 0 Å². The molecule has 5 rings (SSSR count). The van der Waals surface area contributed by atoms with Crippen molar-refractivity contribution < 1.29 is 19.1 Å². The summed E-state index contributed by atoms with van der Waals surface area (Å²) in [5.41, 5.74) is -0.0808. The Kier molecular flexibility index (Phi) is 5.22. The molecule has 4 fully saturated rings. The van der Waals surface area contributed by atoms with E-state index in [1.165, 1.54) is 0 Å². The normalized spacial score (nSPS) is 27.7. The lowest BCUT2D eigenvalue weighted by molar-refractivity contribution is -0.150. The number of likely N-dealkylation sites (tertiary alicyclic amines) is 1. The summed E-state index contributed by atoms with van der Waals surface area (Å²) >= 11 is 0. The number of hydrogen-bond donors (Lipinski definition) is 2. The van der Waals surface area contributed by atoms with Crippen molar-refractivity contribution in [3.63, 3.8) is 0 Å². The molecule has 4 aliphatic rings. The van der Waals surface area contributed by atoms with Crippen LogP contribution in [0.3, 0.4) is 0 Å². The van der Waals surface area contributed by atoms with E-state index in [0.717, 1.165) is 37.9 Å². The van der Waals surface area contributed by atoms with Crippen molar-refractivity contribution in [1.29, 1.82) is 0 Å². The van der Waals surface area contributed by atoms with Gasteiger partial charge in [0.2, 0.25) is 0 Å². The molecule has 31 heavy (non-hydrogen) atoms. The van der Waals surface area contributed by atoms with Crippen LogP contribution in [0.15, 0.2) is 30.3 Å². The first-order valence-corrected chi connectivity index (χ1v) is 11.3. The van der Waals surface area contributed by atoms with Gasteiger partial charge in [0.25, 0.3) is 5.91 Å². The Hall–Kier alpha value is -2.45. The van der Waals surface area contributed by atoms with E-state index in [0.29, 0.717) is 39.0 Å². The first kappa shape index (κ1) is 20.5. The van der Waals surface area contributed by atoms with Crippen LogP contribution in [0, 0.1) is 5.41 Å². The van der Waals surface area contributed by atoms with Crippen LogP contribution in [0.5, 0.6) is 0 Å². The summed E-state index contributed by atoms with van der Waals surface area (Å²) in [6.07, 6.45) is 3.58. The van der Waals surface area contributed by atoms with Crippen molar-refractivity contribution >= 4 is 17.9 Å². The highest BCUT2D eigenvalue weighted by molar-refractivity contribution is 6.07. The standard InChI is InChI=1S/C23H30N4O4/c28-19-23(27(21(30)25-19)15-17-4-2-1-3-5-17)8-12-26(13-9-23)16-18-14-22(20(29)31-18)6-10-24-11-7-22/h1-5,18,24H,6-16H2,(H,25,28,30). The Morgan fingerprint density at radius 3 is 2.42 bits per heavy atom. The summed E-state index contributed by atoms with van der Waals surface area (Å²) in [4.78, 5) is 41.9. The molecule has 0 aromatic heterocycles. The fourth-order valence-corrected chi connectivity index (χ4v) is 5.73. The third-order valence-electron chi connectivity index (χ3n) is 7.62. The molecule has 4 saturated heterocycles. The Morgan fingerprint density at radius 2 is 1.71 bits per heavy atom. The van der Waals surface area contributed by atoms with Gasteiger partial charge in [0, 0.05) is 32.6 Å². The zero-order chi connectivity index (χ0) is 21.5. The predicted octanol–water partition coefficient (Wildman–Crippen LogP) is 1.26. The van der Waals surface area contributed by atoms with Crippen molar-refractivity contribution in [1.82, 2.24) is 20.4 Å². The number of imide groups is 1. The van der Waals surface area contributed by atoms with Gasteiger partial charge in [-0.3, -0.25) is 19.8 Å². The molecule has 1 aromatic rings. The van der Waals surface area contributed by atoms with Crippen LogP contribution >= 0.6 is 0 Å². The van der Waals surface area contributed by atoms with E-state index in [1.54, 1.807) is 4.90 Å². The molecular weight excluding hydrogens is 396 g/mol. The second-order valence-electron chi connectivity index (χ2n) is 9.42. The number of carbonyl (C=O) groups excluding carboxylic acids is 3. The number of cyclic esters (lactones) is 1. The fraction of sp³-hybridized carbons (Fsp3) is 0.609. The molecule has 8 nitrogen and oxygen atoms in total. The Balaban J connectivity index is 1.22. The molecule has 0 aliphatic carbocycles. The van der Waals surface area contributed by atoms with Crippen LogP contribution in [-0.2, 0) is 20.9 Å². The summed E-state index contributed by atoms with van der Waals surface area (Å²) < 4.78 is 5.76. The molecular formula is C23H30N4O4. The van der Waals surface area contributed by atoms with Crippen LogP contribution in [0.4, 0.5) is 4.79 Å². The molecule has 4 heterocycles. The fourth-order valence-electron chi connectivity index (χ4n) is 5.73. The van der Waals surface area contributed by atoms with E-state index < -0.39 is 5.54 Å². The maximum atomic E-state index is 12.8. The average molecular weight is 427 g/mol. The van der Waals surface area contributed by atoms with Crippen LogP contribution < -0.4 is 10.6 Å². The molecule has 1 atom stereocenters. The van der Waals surface area contributed by atoms with Crippen molar-refractivity contribution in [2.75, 3.05) is 32.7 Å². The highest BCUT2D eigenvalue weighted by atomic mass is 16.6. The number of carbonyl (C=O) groups is 3. The lowest BCUT2D eigenvalue weighted by atomic mass is 9.76. The molecule has 166 valence electrons. The number of benzene rings is 1. The number of hydrogen-bond acceptors (Lipinski definition) is 6. The quantitative estimate of drug-likeness (QED) is 0.557. The molecule has 4 aliphatic heterocycles. The summed E-state index contributed by atoms with van der Waals surface area (Å²) in [5.74, 6) is -0.226. The monoisotopic (exact) mass is 426 g/mol. The summed E-state index contributed by atoms with van der Waals surface area (Å²) in [5, 5.41) is 5.86. The highest BCUT2D eigenvalue weighted by Crippen LogP contribution is 2.42. The first-order valence-electron chi connectivity index (χ1n) is 11.3. The second kappa shape index (κ2) is 7.91. The molecule has 2 spiro atoms. The van der Waals surface area contributed by atoms with Gasteiger partial charge in [0.1, 0.15) is 11.6 Å². The molecule has 0 radical (unpaired) electrons. The largest absolute Gasteiger partial charge is 0.461 e. The number of nitrogens with zero attached hydrogens (tertiary/aromatic N) is 2. The smallest absolute Gasteiger partial charge is 0.325 e. The summed E-state index contributed by atoms with van der Waals surface area (Å²) in [6.45, 7) is 4.27. The SMILES string of the molecule is O=C1NC(=O)C2(CCN(CC3CC4(CCNCC4)C(=O)O3)CC2)N1Cc1ccccc1. The highest BCUT2D eigenvalue weighted by Gasteiger charge is 2.54. The van der Waals surface area contributed by atoms with Crippen LogP contribution in [0.1, 0.15) is 37.7 Å². The number of nitrogens with one attached hydrogen (secondary N) is 2. The molecule has 8 heteroatoms. The van der Waals surface area contributed by atoms with Gasteiger partial charge < -0.3 is 15.0 Å². The van der Waals surface area contributed by atoms with Gasteiger partial charge in [0.05, 0.1) is 5.41 Å². The average Bonchev–Trinajstić information content (AvgIpc) is 3.19. The predicted molar refractivity (Wildman–Crippen MR) is 113 cm³/mol. The topological polar surface area (TPSA) is 91.0 Å². The lowest BCUT2D eigenvalue weighted by Gasteiger charge is -2.42.